The molecule has 1 aromatic rings. The summed E-state index contributed by atoms with van der Waals surface area (Å²) < 4.78 is 70.7. The summed E-state index contributed by atoms with van der Waals surface area (Å²) in [5.41, 5.74) is 0. The van der Waals surface area contributed by atoms with Gasteiger partial charge < -0.3 is 23.7 Å². The highest BCUT2D eigenvalue weighted by atomic mass is 32.2. The Kier molecular flexibility index (Phi) is 4.82. The first kappa shape index (κ1) is 20.1. The first-order valence-electron chi connectivity index (χ1n) is 9.07. The maximum atomic E-state index is 13.2. The van der Waals surface area contributed by atoms with Crippen LogP contribution in [0.4, 0.5) is 4.39 Å². The molecule has 3 heterocycles. The molecule has 156 valence electrons. The van der Waals surface area contributed by atoms with Crippen LogP contribution in [0.5, 0.6) is 0 Å². The van der Waals surface area contributed by atoms with Crippen molar-refractivity contribution in [1.82, 2.24) is 4.72 Å². The first-order chi connectivity index (χ1) is 13.0. The molecule has 1 aromatic carbocycles. The third kappa shape index (κ3) is 3.82. The van der Waals surface area contributed by atoms with Crippen LogP contribution in [-0.2, 0) is 33.7 Å². The Morgan fingerprint density at radius 3 is 2.29 bits per heavy atom. The average Bonchev–Trinajstić information content (AvgIpc) is 3.18. The molecule has 4 rings (SSSR count). The number of nitrogens with one attached hydrogen (secondary N) is 1. The van der Waals surface area contributed by atoms with E-state index in [9.17, 15) is 12.8 Å². The Labute approximate surface area is 163 Å². The van der Waals surface area contributed by atoms with Gasteiger partial charge in [-0.05, 0) is 52.0 Å². The monoisotopic (exact) mass is 417 g/mol. The predicted molar refractivity (Wildman–Crippen MR) is 94.1 cm³/mol. The minimum Gasteiger partial charge on any atom is -0.348 e. The molecule has 0 spiro atoms. The number of benzene rings is 1. The lowest BCUT2D eigenvalue weighted by Crippen LogP contribution is -2.52. The van der Waals surface area contributed by atoms with Gasteiger partial charge in [-0.25, -0.2) is 17.5 Å². The lowest BCUT2D eigenvalue weighted by molar-refractivity contribution is -0.223. The third-order valence-corrected chi connectivity index (χ3v) is 6.37. The number of halogens is 1. The Morgan fingerprint density at radius 2 is 1.68 bits per heavy atom. The van der Waals surface area contributed by atoms with Crippen LogP contribution in [0.2, 0.25) is 0 Å². The van der Waals surface area contributed by atoms with E-state index in [-0.39, 0.29) is 11.5 Å². The van der Waals surface area contributed by atoms with E-state index in [4.69, 9.17) is 23.7 Å². The standard InChI is InChI=1S/C18H24FNO7S/c1-17(2)23-9-12(25-17)14-13(15-16(24-14)27-18(3,4)26-15)20-28(21,22)11-7-5-10(19)6-8-11/h5-8,12-16,20H,9H2,1-4H3/t12-,13-,14-,15-,16?/m1/s1. The zero-order valence-corrected chi connectivity index (χ0v) is 16.9. The van der Waals surface area contributed by atoms with Crippen molar-refractivity contribution < 1.29 is 36.5 Å². The summed E-state index contributed by atoms with van der Waals surface area (Å²) in [4.78, 5) is -0.0572. The minimum atomic E-state index is -3.96. The van der Waals surface area contributed by atoms with E-state index in [2.05, 4.69) is 4.72 Å². The second-order valence-electron chi connectivity index (χ2n) is 8.04. The van der Waals surface area contributed by atoms with Crippen LogP contribution < -0.4 is 4.72 Å². The number of ether oxygens (including phenoxy) is 5. The van der Waals surface area contributed by atoms with Crippen LogP contribution in [0.1, 0.15) is 27.7 Å². The van der Waals surface area contributed by atoms with Gasteiger partial charge in [-0.1, -0.05) is 0 Å². The van der Waals surface area contributed by atoms with Crippen LogP contribution in [-0.4, -0.2) is 57.2 Å². The lowest BCUT2D eigenvalue weighted by Gasteiger charge is -2.29. The number of fused-ring (bicyclic) bond motifs is 1. The maximum absolute atomic E-state index is 13.2. The molecule has 1 unspecified atom stereocenters. The van der Waals surface area contributed by atoms with Gasteiger partial charge in [0.15, 0.2) is 17.9 Å². The molecule has 1 N–H and O–H groups in total. The molecular weight excluding hydrogens is 393 g/mol. The molecule has 10 heteroatoms. The van der Waals surface area contributed by atoms with Crippen molar-refractivity contribution in [2.45, 2.75) is 74.8 Å². The van der Waals surface area contributed by atoms with Gasteiger partial charge in [0, 0.05) is 0 Å². The summed E-state index contributed by atoms with van der Waals surface area (Å²) in [6.07, 6.45) is -2.59. The van der Waals surface area contributed by atoms with Crippen LogP contribution >= 0.6 is 0 Å². The molecule has 0 amide bonds. The Morgan fingerprint density at radius 1 is 1.00 bits per heavy atom. The van der Waals surface area contributed by atoms with Gasteiger partial charge in [0.2, 0.25) is 10.0 Å². The molecule has 3 aliphatic rings. The second kappa shape index (κ2) is 6.69. The van der Waals surface area contributed by atoms with E-state index < -0.39 is 58.1 Å². The Balaban J connectivity index is 1.61. The summed E-state index contributed by atoms with van der Waals surface area (Å²) in [6, 6.07) is 3.82. The number of hydrogen-bond donors (Lipinski definition) is 1. The summed E-state index contributed by atoms with van der Waals surface area (Å²) in [5.74, 6) is -2.23. The highest BCUT2D eigenvalue weighted by molar-refractivity contribution is 7.89. The number of hydrogen-bond acceptors (Lipinski definition) is 7. The molecule has 3 fully saturated rings. The average molecular weight is 417 g/mol. The summed E-state index contributed by atoms with van der Waals surface area (Å²) in [7, 11) is -3.96. The zero-order chi connectivity index (χ0) is 20.3. The van der Waals surface area contributed by atoms with E-state index in [1.807, 2.05) is 0 Å². The van der Waals surface area contributed by atoms with E-state index in [1.54, 1.807) is 27.7 Å². The molecule has 5 atom stereocenters. The molecule has 0 saturated carbocycles. The largest absolute Gasteiger partial charge is 0.348 e. The Hall–Kier alpha value is -1.14. The maximum Gasteiger partial charge on any atom is 0.241 e. The highest BCUT2D eigenvalue weighted by Gasteiger charge is 2.59. The fourth-order valence-corrected chi connectivity index (χ4v) is 4.98. The van der Waals surface area contributed by atoms with Gasteiger partial charge in [-0.2, -0.15) is 0 Å². The highest BCUT2D eigenvalue weighted by Crippen LogP contribution is 2.41. The third-order valence-electron chi connectivity index (χ3n) is 4.90. The van der Waals surface area contributed by atoms with E-state index in [0.29, 0.717) is 0 Å². The topological polar surface area (TPSA) is 92.3 Å². The minimum absolute atomic E-state index is 0.0572. The smallest absolute Gasteiger partial charge is 0.241 e. The van der Waals surface area contributed by atoms with Crippen molar-refractivity contribution in [2.24, 2.45) is 0 Å². The summed E-state index contributed by atoms with van der Waals surface area (Å²) in [5, 5.41) is 0. The van der Waals surface area contributed by atoms with Gasteiger partial charge in [-0.3, -0.25) is 0 Å². The van der Waals surface area contributed by atoms with Crippen LogP contribution in [0.15, 0.2) is 29.2 Å². The molecule has 0 aliphatic carbocycles. The predicted octanol–water partition coefficient (Wildman–Crippen LogP) is 1.50. The summed E-state index contributed by atoms with van der Waals surface area (Å²) in [6.45, 7) is 7.25. The molecule has 8 nitrogen and oxygen atoms in total. The molecular formula is C18H24FNO7S. The molecule has 28 heavy (non-hydrogen) atoms. The van der Waals surface area contributed by atoms with Gasteiger partial charge in [0.05, 0.1) is 17.5 Å². The Bertz CT molecular complexity index is 842. The molecule has 0 aromatic heterocycles. The lowest BCUT2D eigenvalue weighted by atomic mass is 10.0. The number of rotatable bonds is 4. The normalized spacial score (nSPS) is 36.5. The van der Waals surface area contributed by atoms with Crippen molar-refractivity contribution in [3.63, 3.8) is 0 Å². The van der Waals surface area contributed by atoms with Crippen molar-refractivity contribution in [3.05, 3.63) is 30.1 Å². The van der Waals surface area contributed by atoms with Crippen molar-refractivity contribution in [3.8, 4) is 0 Å². The first-order valence-corrected chi connectivity index (χ1v) is 10.5. The molecule has 3 saturated heterocycles. The van der Waals surface area contributed by atoms with Crippen LogP contribution in [0.25, 0.3) is 0 Å². The van der Waals surface area contributed by atoms with E-state index in [0.717, 1.165) is 12.1 Å². The van der Waals surface area contributed by atoms with Gasteiger partial charge >= 0.3 is 0 Å². The van der Waals surface area contributed by atoms with Gasteiger partial charge in [-0.15, -0.1) is 0 Å². The fourth-order valence-electron chi connectivity index (χ4n) is 3.72. The number of sulfonamides is 1. The molecule has 0 radical (unpaired) electrons. The van der Waals surface area contributed by atoms with Crippen LogP contribution in [0, 0.1) is 5.82 Å². The van der Waals surface area contributed by atoms with E-state index >= 15 is 0 Å². The fraction of sp³-hybridized carbons (Fsp3) is 0.667. The van der Waals surface area contributed by atoms with Gasteiger partial charge in [0.25, 0.3) is 0 Å². The zero-order valence-electron chi connectivity index (χ0n) is 16.0. The van der Waals surface area contributed by atoms with Gasteiger partial charge in [0.1, 0.15) is 24.1 Å². The van der Waals surface area contributed by atoms with Crippen molar-refractivity contribution in [1.29, 1.82) is 0 Å². The van der Waals surface area contributed by atoms with Crippen molar-refractivity contribution in [2.75, 3.05) is 6.61 Å². The second-order valence-corrected chi connectivity index (χ2v) is 9.75. The molecule has 0 bridgehead atoms. The van der Waals surface area contributed by atoms with E-state index in [1.165, 1.54) is 12.1 Å². The molecule has 3 aliphatic heterocycles. The SMILES string of the molecule is CC1(C)OC[C@H]([C@H]2OC3OC(C)(C)O[C@@H]3[C@@H]2NS(=O)(=O)c2ccc(F)cc2)O1. The summed E-state index contributed by atoms with van der Waals surface area (Å²) >= 11 is 0. The van der Waals surface area contributed by atoms with Crippen LogP contribution in [0.3, 0.4) is 0 Å². The quantitative estimate of drug-likeness (QED) is 0.794. The van der Waals surface area contributed by atoms with Crippen molar-refractivity contribution >= 4 is 10.0 Å².